The van der Waals surface area contributed by atoms with Crippen LogP contribution in [0.5, 0.6) is 0 Å². The second-order valence-corrected chi connectivity index (χ2v) is 5.85. The van der Waals surface area contributed by atoms with Crippen LogP contribution in [-0.2, 0) is 16.2 Å². The van der Waals surface area contributed by atoms with Crippen LogP contribution in [-0.4, -0.2) is 27.0 Å². The Balaban J connectivity index is 1.82. The SMILES string of the molecule is O=C(ON1c2cc([N+](=O)[O-])ccc2CN1c1ccnc2[nH]ccc12)C(F)(F)F. The Kier molecular flexibility index (Phi) is 3.84. The Labute approximate surface area is 154 Å². The molecule has 28 heavy (non-hydrogen) atoms. The van der Waals surface area contributed by atoms with E-state index in [-0.39, 0.29) is 17.9 Å². The Morgan fingerprint density at radius 1 is 1.25 bits per heavy atom. The molecule has 0 radical (unpaired) electrons. The van der Waals surface area contributed by atoms with Crippen molar-refractivity contribution in [3.05, 3.63) is 58.4 Å². The second kappa shape index (κ2) is 6.11. The highest BCUT2D eigenvalue weighted by Crippen LogP contribution is 2.40. The molecular formula is C16H10F3N5O4. The summed E-state index contributed by atoms with van der Waals surface area (Å²) in [5, 5.41) is 13.5. The summed E-state index contributed by atoms with van der Waals surface area (Å²) in [5.74, 6) is -2.45. The van der Waals surface area contributed by atoms with Gasteiger partial charge in [0.15, 0.2) is 0 Å². The molecule has 0 saturated heterocycles. The first-order chi connectivity index (χ1) is 13.3. The minimum atomic E-state index is -5.24. The lowest BCUT2D eigenvalue weighted by molar-refractivity contribution is -0.384. The molecule has 0 aliphatic carbocycles. The highest BCUT2D eigenvalue weighted by Gasteiger charge is 2.45. The summed E-state index contributed by atoms with van der Waals surface area (Å²) in [5.41, 5.74) is 0.935. The number of nitrogens with one attached hydrogen (secondary N) is 1. The van der Waals surface area contributed by atoms with Gasteiger partial charge < -0.3 is 9.82 Å². The zero-order chi connectivity index (χ0) is 20.1. The largest absolute Gasteiger partial charge is 0.493 e. The van der Waals surface area contributed by atoms with Crippen molar-refractivity contribution in [2.45, 2.75) is 12.7 Å². The number of rotatable bonds is 3. The number of hydrogen-bond donors (Lipinski definition) is 1. The molecule has 3 heterocycles. The van der Waals surface area contributed by atoms with Gasteiger partial charge in [-0.3, -0.25) is 10.1 Å². The van der Waals surface area contributed by atoms with Crippen molar-refractivity contribution in [1.82, 2.24) is 9.97 Å². The minimum Gasteiger partial charge on any atom is -0.346 e. The molecule has 0 atom stereocenters. The summed E-state index contributed by atoms with van der Waals surface area (Å²) in [6, 6.07) is 6.87. The first-order valence-corrected chi connectivity index (χ1v) is 7.82. The van der Waals surface area contributed by atoms with Gasteiger partial charge in [0, 0.05) is 35.5 Å². The molecule has 12 heteroatoms. The van der Waals surface area contributed by atoms with Gasteiger partial charge in [0.25, 0.3) is 5.69 Å². The standard InChI is InChI=1S/C16H10F3N5O4/c17-16(18,19)15(25)28-23-13-7-10(24(26)27)2-1-9(13)8-22(23)12-4-6-21-14-11(12)3-5-20-14/h1-7H,8H2,(H,20,21). The molecule has 0 fully saturated rings. The molecule has 3 aromatic rings. The van der Waals surface area contributed by atoms with Crippen LogP contribution in [0.2, 0.25) is 0 Å². The molecule has 1 N–H and O–H groups in total. The number of anilines is 2. The van der Waals surface area contributed by atoms with E-state index in [0.29, 0.717) is 27.5 Å². The van der Waals surface area contributed by atoms with Crippen LogP contribution in [0.4, 0.5) is 30.2 Å². The number of non-ortho nitro benzene ring substituents is 1. The highest BCUT2D eigenvalue weighted by molar-refractivity contribution is 5.91. The molecule has 1 aliphatic heterocycles. The van der Waals surface area contributed by atoms with Crippen LogP contribution >= 0.6 is 0 Å². The van der Waals surface area contributed by atoms with Gasteiger partial charge in [0.1, 0.15) is 11.3 Å². The summed E-state index contributed by atoms with van der Waals surface area (Å²) in [6.45, 7) is 0.0305. The summed E-state index contributed by atoms with van der Waals surface area (Å²) in [6.07, 6.45) is -2.21. The summed E-state index contributed by atoms with van der Waals surface area (Å²) >= 11 is 0. The number of carbonyl (C=O) groups excluding carboxylic acids is 1. The number of halogens is 3. The van der Waals surface area contributed by atoms with Gasteiger partial charge >= 0.3 is 12.1 Å². The van der Waals surface area contributed by atoms with Crippen LogP contribution in [0.15, 0.2) is 42.7 Å². The molecule has 0 saturated carbocycles. The summed E-state index contributed by atoms with van der Waals surface area (Å²) in [7, 11) is 0. The maximum atomic E-state index is 12.8. The monoisotopic (exact) mass is 393 g/mol. The Morgan fingerprint density at radius 3 is 2.75 bits per heavy atom. The molecule has 9 nitrogen and oxygen atoms in total. The number of hydrazine groups is 1. The zero-order valence-corrected chi connectivity index (χ0v) is 13.8. The van der Waals surface area contributed by atoms with Crippen LogP contribution in [0.25, 0.3) is 11.0 Å². The number of fused-ring (bicyclic) bond motifs is 2. The fourth-order valence-corrected chi connectivity index (χ4v) is 2.92. The third-order valence-electron chi connectivity index (χ3n) is 4.14. The van der Waals surface area contributed by atoms with Gasteiger partial charge in [0.2, 0.25) is 0 Å². The number of nitro groups is 1. The van der Waals surface area contributed by atoms with Crippen molar-refractivity contribution in [1.29, 1.82) is 0 Å². The maximum Gasteiger partial charge on any atom is 0.493 e. The number of alkyl halides is 3. The van der Waals surface area contributed by atoms with E-state index in [1.54, 1.807) is 12.3 Å². The van der Waals surface area contributed by atoms with Crippen molar-refractivity contribution in [3.8, 4) is 0 Å². The normalized spacial score (nSPS) is 13.7. The molecule has 1 aromatic carbocycles. The second-order valence-electron chi connectivity index (χ2n) is 5.85. The van der Waals surface area contributed by atoms with Gasteiger partial charge in [-0.2, -0.15) is 13.2 Å². The lowest BCUT2D eigenvalue weighted by Crippen LogP contribution is -2.43. The Bertz CT molecular complexity index is 1100. The van der Waals surface area contributed by atoms with E-state index < -0.39 is 17.1 Å². The van der Waals surface area contributed by atoms with E-state index in [1.807, 2.05) is 0 Å². The first kappa shape index (κ1) is 17.6. The lowest BCUT2D eigenvalue weighted by Gasteiger charge is -2.30. The van der Waals surface area contributed by atoms with E-state index in [4.69, 9.17) is 0 Å². The molecule has 0 spiro atoms. The number of pyridine rings is 1. The van der Waals surface area contributed by atoms with Crippen LogP contribution in [0.3, 0.4) is 0 Å². The zero-order valence-electron chi connectivity index (χ0n) is 13.8. The summed E-state index contributed by atoms with van der Waals surface area (Å²) in [4.78, 5) is 33.4. The van der Waals surface area contributed by atoms with E-state index in [9.17, 15) is 28.1 Å². The average Bonchev–Trinajstić information content (AvgIpc) is 3.25. The number of H-pyrrole nitrogens is 1. The van der Waals surface area contributed by atoms with Crippen molar-refractivity contribution in [2.75, 3.05) is 10.2 Å². The van der Waals surface area contributed by atoms with Gasteiger partial charge in [-0.05, 0) is 18.2 Å². The van der Waals surface area contributed by atoms with Crippen LogP contribution in [0.1, 0.15) is 5.56 Å². The molecule has 0 bridgehead atoms. The summed E-state index contributed by atoms with van der Waals surface area (Å²) < 4.78 is 38.3. The number of aromatic amines is 1. The molecular weight excluding hydrogens is 383 g/mol. The first-order valence-electron chi connectivity index (χ1n) is 7.82. The van der Waals surface area contributed by atoms with E-state index in [0.717, 1.165) is 6.07 Å². The van der Waals surface area contributed by atoms with E-state index >= 15 is 0 Å². The van der Waals surface area contributed by atoms with Gasteiger partial charge in [-0.1, -0.05) is 0 Å². The molecule has 0 unspecified atom stereocenters. The van der Waals surface area contributed by atoms with Gasteiger partial charge in [0.05, 0.1) is 17.2 Å². The topological polar surface area (TPSA) is 105 Å². The number of aromatic nitrogens is 2. The number of hydrogen-bond acceptors (Lipinski definition) is 7. The third-order valence-corrected chi connectivity index (χ3v) is 4.14. The Hall–Kier alpha value is -3.83. The fraction of sp³-hybridized carbons (Fsp3) is 0.125. The number of benzene rings is 1. The van der Waals surface area contributed by atoms with Crippen molar-refractivity contribution < 1.29 is 27.7 Å². The Morgan fingerprint density at radius 2 is 2.04 bits per heavy atom. The molecule has 1 aliphatic rings. The van der Waals surface area contributed by atoms with Crippen LogP contribution in [0, 0.1) is 10.1 Å². The van der Waals surface area contributed by atoms with Gasteiger partial charge in [-0.15, -0.1) is 5.17 Å². The van der Waals surface area contributed by atoms with Gasteiger partial charge in [-0.25, -0.2) is 14.8 Å². The smallest absolute Gasteiger partial charge is 0.346 e. The number of nitro benzene ring substituents is 1. The molecule has 0 amide bonds. The lowest BCUT2D eigenvalue weighted by atomic mass is 10.2. The van der Waals surface area contributed by atoms with Crippen molar-refractivity contribution in [3.63, 3.8) is 0 Å². The predicted molar refractivity (Wildman–Crippen MR) is 90.0 cm³/mol. The van der Waals surface area contributed by atoms with Crippen molar-refractivity contribution in [2.24, 2.45) is 0 Å². The third kappa shape index (κ3) is 2.84. The molecule has 144 valence electrons. The molecule has 2 aromatic heterocycles. The maximum absolute atomic E-state index is 12.8. The average molecular weight is 393 g/mol. The predicted octanol–water partition coefficient (Wildman–Crippen LogP) is 3.23. The quantitative estimate of drug-likeness (QED) is 0.538. The van der Waals surface area contributed by atoms with E-state index in [2.05, 4.69) is 14.8 Å². The number of carbonyl (C=O) groups is 1. The molecule has 4 rings (SSSR count). The van der Waals surface area contributed by atoms with Crippen LogP contribution < -0.4 is 10.2 Å². The number of nitrogens with zero attached hydrogens (tertiary/aromatic N) is 4. The fourth-order valence-electron chi connectivity index (χ4n) is 2.92. The van der Waals surface area contributed by atoms with E-state index in [1.165, 1.54) is 29.4 Å². The van der Waals surface area contributed by atoms with Crippen molar-refractivity contribution >= 4 is 34.1 Å². The highest BCUT2D eigenvalue weighted by atomic mass is 19.4. The minimum absolute atomic E-state index is 0.0305.